The van der Waals surface area contributed by atoms with Crippen LogP contribution in [-0.2, 0) is 26.2 Å². The van der Waals surface area contributed by atoms with Crippen LogP contribution in [0.1, 0.15) is 31.9 Å². The lowest BCUT2D eigenvalue weighted by Crippen LogP contribution is -2.52. The average molecular weight is 498 g/mol. The van der Waals surface area contributed by atoms with Gasteiger partial charge in [-0.25, -0.2) is 12.8 Å². The fraction of sp³-hybridized carbons (Fsp3) is 0.391. The van der Waals surface area contributed by atoms with Gasteiger partial charge < -0.3 is 10.2 Å². The van der Waals surface area contributed by atoms with E-state index in [4.69, 9.17) is 11.6 Å². The van der Waals surface area contributed by atoms with E-state index < -0.39 is 34.3 Å². The number of sulfonamides is 1. The maximum absolute atomic E-state index is 13.6. The Kier molecular flexibility index (Phi) is 8.85. The number of carbonyl (C=O) groups is 2. The van der Waals surface area contributed by atoms with Gasteiger partial charge in [-0.3, -0.25) is 13.9 Å². The Morgan fingerprint density at radius 3 is 2.30 bits per heavy atom. The third kappa shape index (κ3) is 7.17. The molecule has 0 saturated carbocycles. The molecule has 0 saturated heterocycles. The number of benzene rings is 2. The molecule has 0 spiro atoms. The highest BCUT2D eigenvalue weighted by Crippen LogP contribution is 2.25. The normalized spacial score (nSPS) is 12.4. The number of nitrogens with zero attached hydrogens (tertiary/aromatic N) is 2. The van der Waals surface area contributed by atoms with Gasteiger partial charge in [0.25, 0.3) is 0 Å². The lowest BCUT2D eigenvalue weighted by molar-refractivity contribution is -0.139. The van der Waals surface area contributed by atoms with Crippen LogP contribution in [0.3, 0.4) is 0 Å². The van der Waals surface area contributed by atoms with Crippen molar-refractivity contribution in [3.8, 4) is 0 Å². The Labute approximate surface area is 199 Å². The van der Waals surface area contributed by atoms with Gasteiger partial charge in [0.1, 0.15) is 18.4 Å². The average Bonchev–Trinajstić information content (AvgIpc) is 2.71. The number of carbonyl (C=O) groups excluding carboxylic acids is 2. The maximum atomic E-state index is 13.6. The van der Waals surface area contributed by atoms with E-state index >= 15 is 0 Å². The second kappa shape index (κ2) is 11.0. The molecule has 0 heterocycles. The summed E-state index contributed by atoms with van der Waals surface area (Å²) in [6.07, 6.45) is 0.943. The molecule has 180 valence electrons. The molecule has 2 aromatic carbocycles. The molecule has 0 bridgehead atoms. The number of aryl methyl sites for hydroxylation is 1. The van der Waals surface area contributed by atoms with Gasteiger partial charge >= 0.3 is 0 Å². The van der Waals surface area contributed by atoms with Gasteiger partial charge in [0.05, 0.1) is 17.0 Å². The minimum Gasteiger partial charge on any atom is -0.352 e. The summed E-state index contributed by atoms with van der Waals surface area (Å²) >= 11 is 5.83. The van der Waals surface area contributed by atoms with E-state index in [2.05, 4.69) is 5.32 Å². The fourth-order valence-electron chi connectivity index (χ4n) is 3.21. The molecular weight excluding hydrogens is 469 g/mol. The molecule has 2 rings (SSSR count). The van der Waals surface area contributed by atoms with Crippen molar-refractivity contribution in [3.63, 3.8) is 0 Å². The Hall–Kier alpha value is -2.65. The van der Waals surface area contributed by atoms with Crippen LogP contribution < -0.4 is 9.62 Å². The van der Waals surface area contributed by atoms with E-state index in [-0.39, 0.29) is 29.2 Å². The van der Waals surface area contributed by atoms with Crippen molar-refractivity contribution < 1.29 is 22.4 Å². The van der Waals surface area contributed by atoms with E-state index in [9.17, 15) is 22.4 Å². The molecule has 10 heteroatoms. The first-order chi connectivity index (χ1) is 15.3. The maximum Gasteiger partial charge on any atom is 0.244 e. The van der Waals surface area contributed by atoms with Crippen LogP contribution in [0, 0.1) is 12.7 Å². The first-order valence-electron chi connectivity index (χ1n) is 10.4. The van der Waals surface area contributed by atoms with Crippen molar-refractivity contribution in [3.05, 3.63) is 64.4 Å². The van der Waals surface area contributed by atoms with Crippen molar-refractivity contribution in [2.75, 3.05) is 17.1 Å². The molecule has 2 amide bonds. The van der Waals surface area contributed by atoms with Crippen molar-refractivity contribution in [1.82, 2.24) is 10.2 Å². The van der Waals surface area contributed by atoms with Crippen LogP contribution in [0.4, 0.5) is 10.1 Å². The molecular formula is C23H29ClFN3O4S. The van der Waals surface area contributed by atoms with Crippen LogP contribution in [0.5, 0.6) is 0 Å². The summed E-state index contributed by atoms with van der Waals surface area (Å²) in [6, 6.07) is 9.83. The molecule has 1 unspecified atom stereocenters. The van der Waals surface area contributed by atoms with Gasteiger partial charge in [-0.1, -0.05) is 35.9 Å². The van der Waals surface area contributed by atoms with E-state index in [1.165, 1.54) is 11.0 Å². The van der Waals surface area contributed by atoms with Crippen LogP contribution >= 0.6 is 11.6 Å². The van der Waals surface area contributed by atoms with E-state index in [0.717, 1.165) is 33.8 Å². The van der Waals surface area contributed by atoms with Gasteiger partial charge in [-0.15, -0.1) is 0 Å². The number of anilines is 1. The Bertz CT molecular complexity index is 1120. The van der Waals surface area contributed by atoms with E-state index in [0.29, 0.717) is 0 Å². The van der Waals surface area contributed by atoms with Gasteiger partial charge in [0.15, 0.2) is 0 Å². The molecule has 0 fully saturated rings. The second-order valence-corrected chi connectivity index (χ2v) is 10.5. The zero-order valence-corrected chi connectivity index (χ0v) is 20.9. The quantitative estimate of drug-likeness (QED) is 0.574. The standard InChI is InChI=1S/C23H29ClFN3O4S/c1-15(2)26-23(30)17(4)27(13-18-9-7-6-8-16(18)3)22(29)14-28(33(5,31)32)19-10-11-21(25)20(24)12-19/h6-12,15,17H,13-14H2,1-5H3,(H,26,30). The number of nitrogens with one attached hydrogen (secondary N) is 1. The van der Waals surface area contributed by atoms with Crippen LogP contribution in [0.2, 0.25) is 5.02 Å². The molecule has 0 aromatic heterocycles. The SMILES string of the molecule is Cc1ccccc1CN(C(=O)CN(c1ccc(F)c(Cl)c1)S(C)(=O)=O)C(C)C(=O)NC(C)C. The first kappa shape index (κ1) is 26.6. The van der Waals surface area contributed by atoms with E-state index in [1.807, 2.05) is 45.0 Å². The Morgan fingerprint density at radius 2 is 1.76 bits per heavy atom. The number of halogens is 2. The van der Waals surface area contributed by atoms with Gasteiger partial charge in [-0.05, 0) is 57.0 Å². The highest BCUT2D eigenvalue weighted by atomic mass is 35.5. The molecule has 0 aliphatic rings. The predicted octanol–water partition coefficient (Wildman–Crippen LogP) is 3.50. The van der Waals surface area contributed by atoms with Gasteiger partial charge in [-0.2, -0.15) is 0 Å². The third-order valence-electron chi connectivity index (χ3n) is 5.07. The number of rotatable bonds is 9. The largest absolute Gasteiger partial charge is 0.352 e. The molecule has 7 nitrogen and oxygen atoms in total. The Balaban J connectivity index is 2.43. The number of amides is 2. The summed E-state index contributed by atoms with van der Waals surface area (Å²) in [6.45, 7) is 6.63. The number of hydrogen-bond acceptors (Lipinski definition) is 4. The second-order valence-electron chi connectivity index (χ2n) is 8.16. The summed E-state index contributed by atoms with van der Waals surface area (Å²) in [4.78, 5) is 27.5. The van der Waals surface area contributed by atoms with Gasteiger partial charge in [0, 0.05) is 12.6 Å². The van der Waals surface area contributed by atoms with Crippen molar-refractivity contribution >= 4 is 39.1 Å². The van der Waals surface area contributed by atoms with Crippen molar-refractivity contribution in [2.24, 2.45) is 0 Å². The number of hydrogen-bond donors (Lipinski definition) is 1. The first-order valence-corrected chi connectivity index (χ1v) is 12.6. The summed E-state index contributed by atoms with van der Waals surface area (Å²) < 4.78 is 39.4. The highest BCUT2D eigenvalue weighted by Gasteiger charge is 2.30. The molecule has 0 aliphatic heterocycles. The third-order valence-corrected chi connectivity index (χ3v) is 6.50. The predicted molar refractivity (Wildman–Crippen MR) is 128 cm³/mol. The molecule has 2 aromatic rings. The van der Waals surface area contributed by atoms with Gasteiger partial charge in [0.2, 0.25) is 21.8 Å². The van der Waals surface area contributed by atoms with Crippen LogP contribution in [-0.4, -0.2) is 50.0 Å². The zero-order valence-electron chi connectivity index (χ0n) is 19.3. The lowest BCUT2D eigenvalue weighted by Gasteiger charge is -2.32. The minimum atomic E-state index is -3.92. The molecule has 33 heavy (non-hydrogen) atoms. The smallest absolute Gasteiger partial charge is 0.244 e. The van der Waals surface area contributed by atoms with Crippen molar-refractivity contribution in [2.45, 2.75) is 46.3 Å². The monoisotopic (exact) mass is 497 g/mol. The molecule has 1 atom stereocenters. The summed E-state index contributed by atoms with van der Waals surface area (Å²) in [5.74, 6) is -1.65. The Morgan fingerprint density at radius 1 is 1.12 bits per heavy atom. The topological polar surface area (TPSA) is 86.8 Å². The van der Waals surface area contributed by atoms with Crippen molar-refractivity contribution in [1.29, 1.82) is 0 Å². The molecule has 1 N–H and O–H groups in total. The minimum absolute atomic E-state index is 0.0485. The summed E-state index contributed by atoms with van der Waals surface area (Å²) in [5, 5.41) is 2.51. The summed E-state index contributed by atoms with van der Waals surface area (Å²) in [7, 11) is -3.92. The lowest BCUT2D eigenvalue weighted by atomic mass is 10.1. The molecule has 0 aliphatic carbocycles. The summed E-state index contributed by atoms with van der Waals surface area (Å²) in [5.41, 5.74) is 1.80. The zero-order chi connectivity index (χ0) is 24.9. The molecule has 0 radical (unpaired) electrons. The van der Waals surface area contributed by atoms with Crippen LogP contribution in [0.15, 0.2) is 42.5 Å². The fourth-order valence-corrected chi connectivity index (χ4v) is 4.23. The highest BCUT2D eigenvalue weighted by molar-refractivity contribution is 7.92. The van der Waals surface area contributed by atoms with Crippen LogP contribution in [0.25, 0.3) is 0 Å². The van der Waals surface area contributed by atoms with E-state index in [1.54, 1.807) is 6.92 Å².